The molecule has 2 atom stereocenters. The zero-order valence-electron chi connectivity index (χ0n) is 8.10. The third-order valence-corrected chi connectivity index (χ3v) is 2.53. The lowest BCUT2D eigenvalue weighted by Crippen LogP contribution is -2.45. The molecule has 1 fully saturated rings. The summed E-state index contributed by atoms with van der Waals surface area (Å²) in [6.45, 7) is 0. The molecule has 1 aliphatic rings. The molecule has 0 spiro atoms. The quantitative estimate of drug-likeness (QED) is 0.644. The fourth-order valence-corrected chi connectivity index (χ4v) is 1.75. The van der Waals surface area contributed by atoms with Gasteiger partial charge in [-0.25, -0.2) is 0 Å². The minimum absolute atomic E-state index is 0.00287. The van der Waals surface area contributed by atoms with E-state index >= 15 is 0 Å². The second kappa shape index (κ2) is 3.42. The van der Waals surface area contributed by atoms with Crippen molar-refractivity contribution in [1.29, 1.82) is 0 Å². The minimum atomic E-state index is -0.0788. The van der Waals surface area contributed by atoms with Crippen LogP contribution in [0.5, 0.6) is 0 Å². The van der Waals surface area contributed by atoms with E-state index < -0.39 is 0 Å². The van der Waals surface area contributed by atoms with Crippen LogP contribution in [0.1, 0.15) is 24.4 Å². The number of rotatable bonds is 1. The highest BCUT2D eigenvalue weighted by Gasteiger charge is 2.27. The van der Waals surface area contributed by atoms with Crippen molar-refractivity contribution < 1.29 is 4.79 Å². The first kappa shape index (κ1) is 9.21. The number of aryl methyl sites for hydroxylation is 1. The van der Waals surface area contributed by atoms with Crippen molar-refractivity contribution in [3.63, 3.8) is 0 Å². The third-order valence-electron chi connectivity index (χ3n) is 2.53. The van der Waals surface area contributed by atoms with E-state index in [0.29, 0.717) is 6.42 Å². The van der Waals surface area contributed by atoms with Gasteiger partial charge < -0.3 is 11.1 Å². The summed E-state index contributed by atoms with van der Waals surface area (Å²) in [7, 11) is 1.85. The van der Waals surface area contributed by atoms with Gasteiger partial charge in [0.1, 0.15) is 0 Å². The minimum Gasteiger partial charge on any atom is -0.348 e. The highest BCUT2D eigenvalue weighted by atomic mass is 16.1. The Morgan fingerprint density at radius 2 is 2.50 bits per heavy atom. The number of aromatic nitrogens is 2. The van der Waals surface area contributed by atoms with E-state index in [1.54, 1.807) is 10.9 Å². The molecular formula is C9H14N4O. The van der Waals surface area contributed by atoms with E-state index in [1.807, 2.05) is 13.2 Å². The molecule has 0 unspecified atom stereocenters. The molecule has 76 valence electrons. The second-order valence-electron chi connectivity index (χ2n) is 3.70. The zero-order valence-corrected chi connectivity index (χ0v) is 8.10. The van der Waals surface area contributed by atoms with Crippen molar-refractivity contribution in [1.82, 2.24) is 15.1 Å². The SMILES string of the molecule is Cn1cc([C@@H]2NC(=O)CC[C@@H]2N)cn1. The van der Waals surface area contributed by atoms with E-state index in [2.05, 4.69) is 10.4 Å². The summed E-state index contributed by atoms with van der Waals surface area (Å²) in [5.74, 6) is 0.0700. The molecule has 3 N–H and O–H groups in total. The monoisotopic (exact) mass is 194 g/mol. The largest absolute Gasteiger partial charge is 0.348 e. The average Bonchev–Trinajstić information content (AvgIpc) is 2.56. The van der Waals surface area contributed by atoms with E-state index in [9.17, 15) is 4.79 Å². The molecule has 0 aromatic carbocycles. The lowest BCUT2D eigenvalue weighted by atomic mass is 9.95. The number of amides is 1. The van der Waals surface area contributed by atoms with Gasteiger partial charge in [0, 0.05) is 31.3 Å². The van der Waals surface area contributed by atoms with Crippen LogP contribution in [0.15, 0.2) is 12.4 Å². The van der Waals surface area contributed by atoms with Crippen LogP contribution in [-0.4, -0.2) is 21.7 Å². The van der Waals surface area contributed by atoms with Crippen molar-refractivity contribution in [2.24, 2.45) is 12.8 Å². The van der Waals surface area contributed by atoms with Crippen LogP contribution in [0, 0.1) is 0 Å². The topological polar surface area (TPSA) is 72.9 Å². The molecule has 0 radical (unpaired) electrons. The van der Waals surface area contributed by atoms with Crippen LogP contribution >= 0.6 is 0 Å². The van der Waals surface area contributed by atoms with E-state index in [-0.39, 0.29) is 18.0 Å². The molecule has 1 amide bonds. The Morgan fingerprint density at radius 1 is 1.71 bits per heavy atom. The smallest absolute Gasteiger partial charge is 0.220 e. The molecule has 1 aromatic rings. The molecule has 0 saturated carbocycles. The molecule has 1 aliphatic heterocycles. The third kappa shape index (κ3) is 1.63. The Morgan fingerprint density at radius 3 is 3.14 bits per heavy atom. The summed E-state index contributed by atoms with van der Waals surface area (Å²) < 4.78 is 1.71. The van der Waals surface area contributed by atoms with E-state index in [0.717, 1.165) is 12.0 Å². The van der Waals surface area contributed by atoms with Crippen LogP contribution in [0.25, 0.3) is 0 Å². The lowest BCUT2D eigenvalue weighted by Gasteiger charge is -2.28. The Bertz CT molecular complexity index is 346. The second-order valence-corrected chi connectivity index (χ2v) is 3.70. The summed E-state index contributed by atoms with van der Waals surface area (Å²) in [6, 6.07) is -0.0816. The fourth-order valence-electron chi connectivity index (χ4n) is 1.75. The summed E-state index contributed by atoms with van der Waals surface area (Å²) in [5.41, 5.74) is 6.91. The van der Waals surface area contributed by atoms with Crippen molar-refractivity contribution in [2.45, 2.75) is 24.9 Å². The number of nitrogens with zero attached hydrogens (tertiary/aromatic N) is 2. The van der Waals surface area contributed by atoms with Crippen LogP contribution in [0.2, 0.25) is 0 Å². The number of carbonyl (C=O) groups excluding carboxylic acids is 1. The number of carbonyl (C=O) groups is 1. The van der Waals surface area contributed by atoms with Gasteiger partial charge in [-0.3, -0.25) is 9.48 Å². The fraction of sp³-hybridized carbons (Fsp3) is 0.556. The van der Waals surface area contributed by atoms with Crippen molar-refractivity contribution in [2.75, 3.05) is 0 Å². The maximum atomic E-state index is 11.2. The molecule has 0 bridgehead atoms. The van der Waals surface area contributed by atoms with Crippen LogP contribution in [-0.2, 0) is 11.8 Å². The van der Waals surface area contributed by atoms with Gasteiger partial charge in [0.05, 0.1) is 12.2 Å². The highest BCUT2D eigenvalue weighted by Crippen LogP contribution is 2.21. The average molecular weight is 194 g/mol. The van der Waals surface area contributed by atoms with Gasteiger partial charge in [0.15, 0.2) is 0 Å². The van der Waals surface area contributed by atoms with Crippen LogP contribution < -0.4 is 11.1 Å². The Balaban J connectivity index is 2.19. The molecule has 5 nitrogen and oxygen atoms in total. The first-order valence-electron chi connectivity index (χ1n) is 4.70. The van der Waals surface area contributed by atoms with Crippen molar-refractivity contribution in [3.8, 4) is 0 Å². The standard InChI is InChI=1S/C9H14N4O/c1-13-5-6(4-11-13)9-7(10)2-3-8(14)12-9/h4-5,7,9H,2-3,10H2,1H3,(H,12,14)/t7-,9-/m0/s1. The molecule has 0 aliphatic carbocycles. The summed E-state index contributed by atoms with van der Waals surface area (Å²) >= 11 is 0. The molecule has 1 saturated heterocycles. The Hall–Kier alpha value is -1.36. The highest BCUT2D eigenvalue weighted by molar-refractivity contribution is 5.77. The Labute approximate surface area is 82.3 Å². The number of hydrogen-bond donors (Lipinski definition) is 2. The molecule has 2 rings (SSSR count). The van der Waals surface area contributed by atoms with Gasteiger partial charge in [-0.15, -0.1) is 0 Å². The van der Waals surface area contributed by atoms with Gasteiger partial charge >= 0.3 is 0 Å². The maximum Gasteiger partial charge on any atom is 0.220 e. The predicted octanol–water partition coefficient (Wildman–Crippen LogP) is -0.302. The molecule has 5 heteroatoms. The molecule has 2 heterocycles. The zero-order chi connectivity index (χ0) is 10.1. The van der Waals surface area contributed by atoms with Gasteiger partial charge in [-0.05, 0) is 6.42 Å². The van der Waals surface area contributed by atoms with Gasteiger partial charge in [0.2, 0.25) is 5.91 Å². The first-order chi connectivity index (χ1) is 6.66. The number of piperidine rings is 1. The van der Waals surface area contributed by atoms with E-state index in [1.165, 1.54) is 0 Å². The van der Waals surface area contributed by atoms with Crippen molar-refractivity contribution in [3.05, 3.63) is 18.0 Å². The lowest BCUT2D eigenvalue weighted by molar-refractivity contribution is -0.123. The van der Waals surface area contributed by atoms with Gasteiger partial charge in [-0.2, -0.15) is 5.10 Å². The van der Waals surface area contributed by atoms with E-state index in [4.69, 9.17) is 5.73 Å². The summed E-state index contributed by atoms with van der Waals surface area (Å²) in [6.07, 6.45) is 4.90. The van der Waals surface area contributed by atoms with Crippen LogP contribution in [0.3, 0.4) is 0 Å². The predicted molar refractivity (Wildman–Crippen MR) is 51.3 cm³/mol. The van der Waals surface area contributed by atoms with Crippen molar-refractivity contribution >= 4 is 5.91 Å². The number of hydrogen-bond acceptors (Lipinski definition) is 3. The molecule has 1 aromatic heterocycles. The maximum absolute atomic E-state index is 11.2. The Kier molecular flexibility index (Phi) is 2.25. The van der Waals surface area contributed by atoms with Crippen LogP contribution in [0.4, 0.5) is 0 Å². The normalized spacial score (nSPS) is 27.4. The van der Waals surface area contributed by atoms with Gasteiger partial charge in [0.25, 0.3) is 0 Å². The van der Waals surface area contributed by atoms with Gasteiger partial charge in [-0.1, -0.05) is 0 Å². The molecule has 14 heavy (non-hydrogen) atoms. The molecular weight excluding hydrogens is 180 g/mol. The number of nitrogens with two attached hydrogens (primary N) is 1. The summed E-state index contributed by atoms with van der Waals surface area (Å²) in [5, 5.41) is 6.94. The summed E-state index contributed by atoms with van der Waals surface area (Å²) in [4.78, 5) is 11.2. The first-order valence-corrected chi connectivity index (χ1v) is 4.70. The number of nitrogens with one attached hydrogen (secondary N) is 1.